The first-order chi connectivity index (χ1) is 15.1. The summed E-state index contributed by atoms with van der Waals surface area (Å²) in [7, 11) is 0. The fraction of sp³-hybridized carbons (Fsp3) is 0.208. The van der Waals surface area contributed by atoms with E-state index in [4.69, 9.17) is 0 Å². The molecule has 0 unspecified atom stereocenters. The van der Waals surface area contributed by atoms with Crippen molar-refractivity contribution in [3.05, 3.63) is 88.9 Å². The Bertz CT molecular complexity index is 1360. The second-order valence-electron chi connectivity index (χ2n) is 8.20. The lowest BCUT2D eigenvalue weighted by molar-refractivity contribution is 0.0944. The van der Waals surface area contributed by atoms with Gasteiger partial charge in [0, 0.05) is 35.7 Å². The van der Waals surface area contributed by atoms with Gasteiger partial charge in [-0.2, -0.15) is 5.10 Å². The maximum Gasteiger partial charge on any atom is 0.272 e. The minimum Gasteiger partial charge on any atom is -0.347 e. The number of para-hydroxylation sites is 1. The third-order valence-electron chi connectivity index (χ3n) is 6.30. The molecule has 31 heavy (non-hydrogen) atoms. The van der Waals surface area contributed by atoms with Crippen molar-refractivity contribution < 1.29 is 13.6 Å². The number of amides is 1. The molecule has 0 radical (unpaired) electrons. The molecule has 2 aromatic heterocycles. The summed E-state index contributed by atoms with van der Waals surface area (Å²) in [5, 5.41) is 8.42. The van der Waals surface area contributed by atoms with Crippen LogP contribution in [0.2, 0.25) is 0 Å². The van der Waals surface area contributed by atoms with Gasteiger partial charge in [0.25, 0.3) is 5.91 Å². The normalized spacial score (nSPS) is 18.6. The number of hydrogen-bond acceptors (Lipinski definition) is 3. The molecule has 154 valence electrons. The minimum absolute atomic E-state index is 0.171. The highest BCUT2D eigenvalue weighted by molar-refractivity contribution is 5.95. The van der Waals surface area contributed by atoms with E-state index < -0.39 is 11.6 Å². The maximum absolute atomic E-state index is 14.5. The zero-order valence-corrected chi connectivity index (χ0v) is 16.5. The van der Waals surface area contributed by atoms with Crippen LogP contribution < -0.4 is 5.32 Å². The number of benzene rings is 2. The smallest absolute Gasteiger partial charge is 0.272 e. The first-order valence-corrected chi connectivity index (χ1v) is 10.3. The van der Waals surface area contributed by atoms with Crippen LogP contribution in [-0.4, -0.2) is 20.7 Å². The molecule has 0 spiro atoms. The molecule has 2 aliphatic rings. The van der Waals surface area contributed by atoms with Gasteiger partial charge in [-0.15, -0.1) is 0 Å². The lowest BCUT2D eigenvalue weighted by Crippen LogP contribution is -2.24. The minimum atomic E-state index is -0.690. The van der Waals surface area contributed by atoms with Crippen molar-refractivity contribution in [2.24, 2.45) is 5.92 Å². The van der Waals surface area contributed by atoms with E-state index in [2.05, 4.69) is 15.4 Å². The molecule has 6 rings (SSSR count). The molecule has 0 aliphatic heterocycles. The molecule has 1 saturated carbocycles. The maximum atomic E-state index is 14.5. The van der Waals surface area contributed by atoms with Crippen molar-refractivity contribution in [3.8, 4) is 5.69 Å². The van der Waals surface area contributed by atoms with Crippen LogP contribution in [0.1, 0.15) is 39.6 Å². The summed E-state index contributed by atoms with van der Waals surface area (Å²) in [4.78, 5) is 17.4. The van der Waals surface area contributed by atoms with Crippen LogP contribution in [0.5, 0.6) is 0 Å². The SMILES string of the molecule is O=C(NCc1ccnc2ccccc12)c1nn(-c2ccc(F)cc2F)c2c1C[C@H]1C[C@@H]21. The van der Waals surface area contributed by atoms with Crippen molar-refractivity contribution in [3.63, 3.8) is 0 Å². The molecule has 1 N–H and O–H groups in total. The Morgan fingerprint density at radius 3 is 2.90 bits per heavy atom. The van der Waals surface area contributed by atoms with E-state index in [1.54, 1.807) is 6.20 Å². The number of pyridine rings is 1. The Balaban J connectivity index is 1.33. The Labute approximate surface area is 176 Å². The van der Waals surface area contributed by atoms with Gasteiger partial charge < -0.3 is 5.32 Å². The molecule has 0 saturated heterocycles. The van der Waals surface area contributed by atoms with Crippen LogP contribution in [0.3, 0.4) is 0 Å². The first kappa shape index (κ1) is 18.2. The number of hydrogen-bond donors (Lipinski definition) is 1. The number of aromatic nitrogens is 3. The van der Waals surface area contributed by atoms with Crippen molar-refractivity contribution in [1.82, 2.24) is 20.1 Å². The van der Waals surface area contributed by atoms with Crippen LogP contribution in [0.15, 0.2) is 54.7 Å². The van der Waals surface area contributed by atoms with Crippen molar-refractivity contribution in [2.75, 3.05) is 0 Å². The number of fused-ring (bicyclic) bond motifs is 4. The summed E-state index contributed by atoms with van der Waals surface area (Å²) >= 11 is 0. The molecule has 0 bridgehead atoms. The van der Waals surface area contributed by atoms with Gasteiger partial charge in [-0.3, -0.25) is 9.78 Å². The number of carbonyl (C=O) groups is 1. The molecular weight excluding hydrogens is 398 g/mol. The van der Waals surface area contributed by atoms with Crippen LogP contribution in [0, 0.1) is 17.6 Å². The molecule has 2 aliphatic carbocycles. The second-order valence-corrected chi connectivity index (χ2v) is 8.20. The molecule has 2 atom stereocenters. The number of carbonyl (C=O) groups excluding carboxylic acids is 1. The predicted octanol–water partition coefficient (Wildman–Crippen LogP) is 4.29. The van der Waals surface area contributed by atoms with Gasteiger partial charge in [0.05, 0.1) is 11.2 Å². The Hall–Kier alpha value is -3.61. The Kier molecular flexibility index (Phi) is 3.93. The lowest BCUT2D eigenvalue weighted by Gasteiger charge is -2.08. The van der Waals surface area contributed by atoms with E-state index >= 15 is 0 Å². The van der Waals surface area contributed by atoms with Gasteiger partial charge in [0.2, 0.25) is 0 Å². The molecule has 2 heterocycles. The van der Waals surface area contributed by atoms with Crippen LogP contribution >= 0.6 is 0 Å². The molecule has 7 heteroatoms. The quantitative estimate of drug-likeness (QED) is 0.540. The monoisotopic (exact) mass is 416 g/mol. The number of nitrogens with one attached hydrogen (secondary N) is 1. The molecular formula is C24H18F2N4O. The van der Waals surface area contributed by atoms with E-state index in [1.165, 1.54) is 16.8 Å². The standard InChI is InChI=1S/C24H18F2N4O/c25-15-5-6-21(19(26)11-15)30-23-17-9-14(17)10-18(23)22(29-30)24(31)28-12-13-7-8-27-20-4-2-1-3-16(13)20/h1-8,11,14,17H,9-10,12H2,(H,28,31)/t14-,17-/m1/s1. The van der Waals surface area contributed by atoms with Gasteiger partial charge in [0.15, 0.2) is 11.5 Å². The summed E-state index contributed by atoms with van der Waals surface area (Å²) < 4.78 is 29.4. The van der Waals surface area contributed by atoms with Crippen LogP contribution in [0.25, 0.3) is 16.6 Å². The van der Waals surface area contributed by atoms with E-state index in [9.17, 15) is 13.6 Å². The van der Waals surface area contributed by atoms with Crippen LogP contribution in [0.4, 0.5) is 8.78 Å². The summed E-state index contributed by atoms with van der Waals surface area (Å²) in [6, 6.07) is 13.1. The van der Waals surface area contributed by atoms with Crippen molar-refractivity contribution >= 4 is 16.8 Å². The van der Waals surface area contributed by atoms with Crippen molar-refractivity contribution in [1.29, 1.82) is 0 Å². The number of nitrogens with zero attached hydrogens (tertiary/aromatic N) is 3. The van der Waals surface area contributed by atoms with Gasteiger partial charge in [0.1, 0.15) is 11.5 Å². The van der Waals surface area contributed by atoms with Gasteiger partial charge in [-0.25, -0.2) is 13.5 Å². The van der Waals surface area contributed by atoms with E-state index in [-0.39, 0.29) is 17.5 Å². The zero-order chi connectivity index (χ0) is 21.1. The van der Waals surface area contributed by atoms with E-state index in [1.807, 2.05) is 30.3 Å². The van der Waals surface area contributed by atoms with Crippen molar-refractivity contribution in [2.45, 2.75) is 25.3 Å². The highest BCUT2D eigenvalue weighted by Gasteiger charge is 2.50. The highest BCUT2D eigenvalue weighted by Crippen LogP contribution is 2.57. The van der Waals surface area contributed by atoms with Gasteiger partial charge in [-0.05, 0) is 48.6 Å². The zero-order valence-electron chi connectivity index (χ0n) is 16.5. The van der Waals surface area contributed by atoms with Crippen LogP contribution in [-0.2, 0) is 13.0 Å². The predicted molar refractivity (Wildman–Crippen MR) is 111 cm³/mol. The van der Waals surface area contributed by atoms with E-state index in [0.29, 0.717) is 18.2 Å². The Morgan fingerprint density at radius 1 is 1.16 bits per heavy atom. The topological polar surface area (TPSA) is 59.8 Å². The summed E-state index contributed by atoms with van der Waals surface area (Å²) in [5.41, 5.74) is 4.08. The first-order valence-electron chi connectivity index (χ1n) is 10.3. The average Bonchev–Trinajstić information content (AvgIpc) is 3.28. The molecule has 2 aromatic carbocycles. The fourth-order valence-corrected chi connectivity index (χ4v) is 4.70. The highest BCUT2D eigenvalue weighted by atomic mass is 19.1. The van der Waals surface area contributed by atoms with E-state index in [0.717, 1.165) is 46.6 Å². The second kappa shape index (κ2) is 6.70. The number of halogens is 2. The summed E-state index contributed by atoms with van der Waals surface area (Å²) in [6.45, 7) is 0.335. The Morgan fingerprint density at radius 2 is 2.03 bits per heavy atom. The van der Waals surface area contributed by atoms with Gasteiger partial charge >= 0.3 is 0 Å². The van der Waals surface area contributed by atoms with Gasteiger partial charge in [-0.1, -0.05) is 18.2 Å². The average molecular weight is 416 g/mol. The summed E-state index contributed by atoms with van der Waals surface area (Å²) in [6.07, 6.45) is 3.51. The third-order valence-corrected chi connectivity index (χ3v) is 6.30. The third kappa shape index (κ3) is 2.91. The molecule has 1 amide bonds. The molecule has 5 nitrogen and oxygen atoms in total. The largest absolute Gasteiger partial charge is 0.347 e. The molecule has 1 fully saturated rings. The number of rotatable bonds is 4. The fourth-order valence-electron chi connectivity index (χ4n) is 4.70. The lowest BCUT2D eigenvalue weighted by atomic mass is 10.1. The summed E-state index contributed by atoms with van der Waals surface area (Å²) in [5.74, 6) is -0.850. The molecule has 4 aromatic rings.